The standard InChI is InChI=1S/C10H8ClN5O3/c1-5-2-3-6(16(17)18)4-7(5)19-10-14-8(11)13-9(12)15-10/h2-4H,1H3,(H2,12,13,14,15). The molecular weight excluding hydrogens is 274 g/mol. The molecule has 2 N–H and O–H groups in total. The van der Waals surface area contributed by atoms with E-state index in [-0.39, 0.29) is 28.7 Å². The van der Waals surface area contributed by atoms with E-state index in [0.717, 1.165) is 0 Å². The Morgan fingerprint density at radius 1 is 1.37 bits per heavy atom. The van der Waals surface area contributed by atoms with Crippen molar-refractivity contribution < 1.29 is 9.66 Å². The van der Waals surface area contributed by atoms with Crippen LogP contribution in [0, 0.1) is 17.0 Å². The molecule has 0 atom stereocenters. The lowest BCUT2D eigenvalue weighted by atomic mass is 10.2. The van der Waals surface area contributed by atoms with Gasteiger partial charge in [-0.1, -0.05) is 0 Å². The molecule has 0 aliphatic carbocycles. The minimum absolute atomic E-state index is 0.0990. The summed E-state index contributed by atoms with van der Waals surface area (Å²) in [6.45, 7) is 1.73. The average Bonchev–Trinajstić information content (AvgIpc) is 2.30. The maximum absolute atomic E-state index is 10.7. The minimum Gasteiger partial charge on any atom is -0.424 e. The molecule has 1 aromatic heterocycles. The SMILES string of the molecule is Cc1ccc([N+](=O)[O-])cc1Oc1nc(N)nc(Cl)n1. The molecule has 0 saturated heterocycles. The monoisotopic (exact) mass is 281 g/mol. The quantitative estimate of drug-likeness (QED) is 0.676. The smallest absolute Gasteiger partial charge is 0.328 e. The van der Waals surface area contributed by atoms with E-state index < -0.39 is 4.92 Å². The van der Waals surface area contributed by atoms with Gasteiger partial charge in [0.05, 0.1) is 11.0 Å². The van der Waals surface area contributed by atoms with Gasteiger partial charge in [-0.2, -0.15) is 15.0 Å². The molecule has 98 valence electrons. The van der Waals surface area contributed by atoms with E-state index >= 15 is 0 Å². The van der Waals surface area contributed by atoms with Crippen molar-refractivity contribution in [3.05, 3.63) is 39.2 Å². The lowest BCUT2D eigenvalue weighted by molar-refractivity contribution is -0.384. The molecule has 0 fully saturated rings. The van der Waals surface area contributed by atoms with Crippen LogP contribution >= 0.6 is 11.6 Å². The molecule has 0 unspecified atom stereocenters. The summed E-state index contributed by atoms with van der Waals surface area (Å²) in [5, 5.41) is 10.6. The van der Waals surface area contributed by atoms with Gasteiger partial charge in [-0.15, -0.1) is 0 Å². The Hall–Kier alpha value is -2.48. The second kappa shape index (κ2) is 5.02. The van der Waals surface area contributed by atoms with Gasteiger partial charge in [0.25, 0.3) is 5.69 Å². The number of hydrogen-bond donors (Lipinski definition) is 1. The van der Waals surface area contributed by atoms with Crippen molar-refractivity contribution in [3.8, 4) is 11.8 Å². The highest BCUT2D eigenvalue weighted by atomic mass is 35.5. The van der Waals surface area contributed by atoms with E-state index in [0.29, 0.717) is 5.56 Å². The molecule has 8 nitrogen and oxygen atoms in total. The number of anilines is 1. The van der Waals surface area contributed by atoms with E-state index in [1.54, 1.807) is 13.0 Å². The maximum Gasteiger partial charge on any atom is 0.328 e. The number of rotatable bonds is 3. The number of nitrogens with two attached hydrogens (primary N) is 1. The fourth-order valence-corrected chi connectivity index (χ4v) is 1.46. The summed E-state index contributed by atoms with van der Waals surface area (Å²) >= 11 is 5.61. The third kappa shape index (κ3) is 3.05. The van der Waals surface area contributed by atoms with Gasteiger partial charge in [0, 0.05) is 6.07 Å². The number of nitrogens with zero attached hydrogens (tertiary/aromatic N) is 4. The summed E-state index contributed by atoms with van der Waals surface area (Å²) < 4.78 is 5.33. The van der Waals surface area contributed by atoms with E-state index in [1.807, 2.05) is 0 Å². The molecule has 0 aliphatic heterocycles. The molecule has 0 aliphatic rings. The van der Waals surface area contributed by atoms with Gasteiger partial charge >= 0.3 is 6.01 Å². The number of nitrogen functional groups attached to an aromatic ring is 1. The van der Waals surface area contributed by atoms with Crippen LogP contribution < -0.4 is 10.5 Å². The number of benzene rings is 1. The maximum atomic E-state index is 10.7. The summed E-state index contributed by atoms with van der Waals surface area (Å²) in [4.78, 5) is 21.2. The van der Waals surface area contributed by atoms with Gasteiger partial charge in [-0.3, -0.25) is 10.1 Å². The summed E-state index contributed by atoms with van der Waals surface area (Å²) in [5.74, 6) is 0.147. The van der Waals surface area contributed by atoms with Gasteiger partial charge < -0.3 is 10.5 Å². The van der Waals surface area contributed by atoms with Crippen LogP contribution in [0.2, 0.25) is 5.28 Å². The van der Waals surface area contributed by atoms with Crippen LogP contribution in [0.1, 0.15) is 5.56 Å². The number of hydrogen-bond acceptors (Lipinski definition) is 7. The second-order valence-electron chi connectivity index (χ2n) is 3.55. The third-order valence-corrected chi connectivity index (χ3v) is 2.36. The van der Waals surface area contributed by atoms with Crippen LogP contribution in [-0.4, -0.2) is 19.9 Å². The topological polar surface area (TPSA) is 117 Å². The van der Waals surface area contributed by atoms with Crippen LogP contribution in [-0.2, 0) is 0 Å². The lowest BCUT2D eigenvalue weighted by Gasteiger charge is -2.06. The molecule has 0 amide bonds. The Morgan fingerprint density at radius 2 is 2.11 bits per heavy atom. The molecule has 1 heterocycles. The Morgan fingerprint density at radius 3 is 2.74 bits per heavy atom. The number of non-ortho nitro benzene ring substituents is 1. The number of ether oxygens (including phenoxy) is 1. The molecule has 0 bridgehead atoms. The molecular formula is C10H8ClN5O3. The number of nitro groups is 1. The predicted molar refractivity (Wildman–Crippen MR) is 67.2 cm³/mol. The van der Waals surface area contributed by atoms with Crippen molar-refractivity contribution in [1.29, 1.82) is 0 Å². The molecule has 2 rings (SSSR count). The zero-order valence-corrected chi connectivity index (χ0v) is 10.5. The lowest BCUT2D eigenvalue weighted by Crippen LogP contribution is -2.01. The number of halogens is 1. The highest BCUT2D eigenvalue weighted by Gasteiger charge is 2.12. The summed E-state index contributed by atoms with van der Waals surface area (Å²) in [6, 6.07) is 4.07. The first-order valence-corrected chi connectivity index (χ1v) is 5.43. The van der Waals surface area contributed by atoms with Crippen LogP contribution in [0.15, 0.2) is 18.2 Å². The Balaban J connectivity index is 2.37. The first-order valence-electron chi connectivity index (χ1n) is 5.05. The van der Waals surface area contributed by atoms with Crippen molar-refractivity contribution in [3.63, 3.8) is 0 Å². The van der Waals surface area contributed by atoms with Crippen LogP contribution in [0.5, 0.6) is 11.8 Å². The molecule has 2 aromatic rings. The summed E-state index contributed by atoms with van der Waals surface area (Å²) in [5.41, 5.74) is 5.97. The van der Waals surface area contributed by atoms with Crippen LogP contribution in [0.3, 0.4) is 0 Å². The fourth-order valence-electron chi connectivity index (χ4n) is 1.30. The van der Waals surface area contributed by atoms with Gasteiger partial charge in [0.15, 0.2) is 0 Å². The Labute approximate surface area is 112 Å². The molecule has 19 heavy (non-hydrogen) atoms. The van der Waals surface area contributed by atoms with Crippen LogP contribution in [0.25, 0.3) is 0 Å². The molecule has 1 aromatic carbocycles. The normalized spacial score (nSPS) is 10.2. The first-order chi connectivity index (χ1) is 8.95. The van der Waals surface area contributed by atoms with Gasteiger partial charge in [0.2, 0.25) is 11.2 Å². The van der Waals surface area contributed by atoms with E-state index in [9.17, 15) is 10.1 Å². The van der Waals surface area contributed by atoms with Crippen molar-refractivity contribution in [2.45, 2.75) is 6.92 Å². The van der Waals surface area contributed by atoms with Crippen molar-refractivity contribution in [1.82, 2.24) is 15.0 Å². The Bertz CT molecular complexity index is 629. The molecule has 0 radical (unpaired) electrons. The fraction of sp³-hybridized carbons (Fsp3) is 0.100. The first kappa shape index (κ1) is 13.0. The summed E-state index contributed by atoms with van der Waals surface area (Å²) in [7, 11) is 0. The van der Waals surface area contributed by atoms with Gasteiger partial charge in [-0.05, 0) is 30.2 Å². The number of aryl methyl sites for hydroxylation is 1. The van der Waals surface area contributed by atoms with E-state index in [1.165, 1.54) is 12.1 Å². The second-order valence-corrected chi connectivity index (χ2v) is 3.89. The Kier molecular flexibility index (Phi) is 3.43. The zero-order valence-electron chi connectivity index (χ0n) is 9.70. The zero-order chi connectivity index (χ0) is 14.0. The average molecular weight is 282 g/mol. The van der Waals surface area contributed by atoms with Gasteiger partial charge in [-0.25, -0.2) is 0 Å². The largest absolute Gasteiger partial charge is 0.424 e. The predicted octanol–water partition coefficient (Wildman–Crippen LogP) is 2.12. The van der Waals surface area contributed by atoms with E-state index in [4.69, 9.17) is 22.1 Å². The van der Waals surface area contributed by atoms with Crippen molar-refractivity contribution in [2.75, 3.05) is 5.73 Å². The number of aromatic nitrogens is 3. The molecule has 0 saturated carbocycles. The third-order valence-electron chi connectivity index (χ3n) is 2.19. The molecule has 9 heteroatoms. The van der Waals surface area contributed by atoms with Crippen molar-refractivity contribution in [2.24, 2.45) is 0 Å². The molecule has 0 spiro atoms. The highest BCUT2D eigenvalue weighted by molar-refractivity contribution is 6.28. The van der Waals surface area contributed by atoms with Crippen molar-refractivity contribution >= 4 is 23.2 Å². The minimum atomic E-state index is -0.527. The summed E-state index contributed by atoms with van der Waals surface area (Å²) in [6.07, 6.45) is 0. The van der Waals surface area contributed by atoms with Crippen LogP contribution in [0.4, 0.5) is 11.6 Å². The van der Waals surface area contributed by atoms with Gasteiger partial charge in [0.1, 0.15) is 5.75 Å². The highest BCUT2D eigenvalue weighted by Crippen LogP contribution is 2.27. The van der Waals surface area contributed by atoms with E-state index in [2.05, 4.69) is 15.0 Å². The number of nitro benzene ring substituents is 1.